The van der Waals surface area contributed by atoms with Gasteiger partial charge >= 0.3 is 0 Å². The molecule has 0 unspecified atom stereocenters. The Hall–Kier alpha value is -2.81. The number of methoxy groups -OCH3 is 2. The third-order valence-electron chi connectivity index (χ3n) is 3.91. The minimum absolute atomic E-state index is 0.189. The first-order chi connectivity index (χ1) is 12.9. The topological polar surface area (TPSA) is 90.6 Å². The zero-order valence-corrected chi connectivity index (χ0v) is 16.6. The Kier molecular flexibility index (Phi) is 5.50. The number of amides is 1. The van der Waals surface area contributed by atoms with E-state index < -0.39 is 5.25 Å². The number of hydrogen-bond donors (Lipinski definition) is 1. The van der Waals surface area contributed by atoms with Crippen LogP contribution in [0.25, 0.3) is 5.78 Å². The van der Waals surface area contributed by atoms with Crippen molar-refractivity contribution in [3.8, 4) is 11.5 Å². The van der Waals surface area contributed by atoms with Gasteiger partial charge in [-0.25, -0.2) is 9.50 Å². The van der Waals surface area contributed by atoms with Crippen LogP contribution in [-0.2, 0) is 4.79 Å². The summed E-state index contributed by atoms with van der Waals surface area (Å²) in [4.78, 5) is 21.4. The normalized spacial score (nSPS) is 12.0. The first-order valence-corrected chi connectivity index (χ1v) is 9.20. The van der Waals surface area contributed by atoms with Gasteiger partial charge in [-0.15, -0.1) is 5.10 Å². The molecule has 1 N–H and O–H groups in total. The van der Waals surface area contributed by atoms with Crippen LogP contribution in [0.2, 0.25) is 0 Å². The van der Waals surface area contributed by atoms with Gasteiger partial charge in [-0.3, -0.25) is 4.79 Å². The lowest BCUT2D eigenvalue weighted by Crippen LogP contribution is -2.22. The van der Waals surface area contributed by atoms with Crippen molar-refractivity contribution in [2.45, 2.75) is 31.2 Å². The van der Waals surface area contributed by atoms with Gasteiger partial charge in [0.25, 0.3) is 5.78 Å². The number of ether oxygens (including phenoxy) is 2. The zero-order chi connectivity index (χ0) is 19.6. The molecule has 2 aromatic heterocycles. The first kappa shape index (κ1) is 19.0. The molecule has 0 spiro atoms. The standard InChI is InChI=1S/C18H21N5O3S/c1-10-8-11(2)23-17(19-10)21-18(22-23)27-12(3)16(24)20-14-9-13(25-4)6-7-15(14)26-5/h6-9,12H,1-5H3,(H,20,24)/t12-/m0/s1. The summed E-state index contributed by atoms with van der Waals surface area (Å²) in [6.45, 7) is 5.64. The number of rotatable bonds is 6. The highest BCUT2D eigenvalue weighted by molar-refractivity contribution is 8.00. The van der Waals surface area contributed by atoms with Gasteiger partial charge in [0.1, 0.15) is 11.5 Å². The van der Waals surface area contributed by atoms with Crippen molar-refractivity contribution in [2.24, 2.45) is 0 Å². The number of carbonyl (C=O) groups excluding carboxylic acids is 1. The smallest absolute Gasteiger partial charge is 0.253 e. The minimum atomic E-state index is -0.417. The van der Waals surface area contributed by atoms with E-state index >= 15 is 0 Å². The number of carbonyl (C=O) groups is 1. The summed E-state index contributed by atoms with van der Waals surface area (Å²) < 4.78 is 12.2. The number of aryl methyl sites for hydroxylation is 2. The van der Waals surface area contributed by atoms with Crippen molar-refractivity contribution >= 4 is 29.1 Å². The fourth-order valence-corrected chi connectivity index (χ4v) is 3.30. The van der Waals surface area contributed by atoms with Gasteiger partial charge in [0.2, 0.25) is 11.1 Å². The van der Waals surface area contributed by atoms with Gasteiger partial charge in [0.15, 0.2) is 0 Å². The van der Waals surface area contributed by atoms with E-state index in [1.165, 1.54) is 11.8 Å². The van der Waals surface area contributed by atoms with E-state index in [2.05, 4.69) is 20.4 Å². The summed E-state index contributed by atoms with van der Waals surface area (Å²) in [5.74, 6) is 1.52. The quantitative estimate of drug-likeness (QED) is 0.650. The molecule has 1 atom stereocenters. The summed E-state index contributed by atoms with van der Waals surface area (Å²) in [6, 6.07) is 7.16. The SMILES string of the molecule is COc1ccc(OC)c(NC(=O)[C@H](C)Sc2nc3nc(C)cc(C)n3n2)c1. The largest absolute Gasteiger partial charge is 0.497 e. The van der Waals surface area contributed by atoms with Gasteiger partial charge in [0.05, 0.1) is 25.2 Å². The maximum absolute atomic E-state index is 12.6. The second-order valence-electron chi connectivity index (χ2n) is 5.96. The van der Waals surface area contributed by atoms with E-state index in [9.17, 15) is 4.79 Å². The molecule has 0 aliphatic carbocycles. The van der Waals surface area contributed by atoms with Gasteiger partial charge in [-0.1, -0.05) is 11.8 Å². The fraction of sp³-hybridized carbons (Fsp3) is 0.333. The molecule has 27 heavy (non-hydrogen) atoms. The Morgan fingerprint density at radius 2 is 1.96 bits per heavy atom. The van der Waals surface area contributed by atoms with Gasteiger partial charge in [-0.05, 0) is 39.0 Å². The van der Waals surface area contributed by atoms with Crippen molar-refractivity contribution in [1.29, 1.82) is 0 Å². The molecule has 3 aromatic rings. The van der Waals surface area contributed by atoms with E-state index in [1.54, 1.807) is 43.9 Å². The number of hydrogen-bond acceptors (Lipinski definition) is 7. The van der Waals surface area contributed by atoms with Gasteiger partial charge in [-0.2, -0.15) is 4.98 Å². The molecule has 0 aliphatic heterocycles. The molecule has 0 aliphatic rings. The molecule has 0 bridgehead atoms. The number of fused-ring (bicyclic) bond motifs is 1. The Bertz CT molecular complexity index is 989. The van der Waals surface area contributed by atoms with Crippen LogP contribution in [0, 0.1) is 13.8 Å². The van der Waals surface area contributed by atoms with Crippen LogP contribution in [0.5, 0.6) is 11.5 Å². The van der Waals surface area contributed by atoms with Crippen molar-refractivity contribution in [2.75, 3.05) is 19.5 Å². The number of thioether (sulfide) groups is 1. The third kappa shape index (κ3) is 4.13. The van der Waals surface area contributed by atoms with Crippen LogP contribution in [0.1, 0.15) is 18.3 Å². The number of nitrogens with one attached hydrogen (secondary N) is 1. The van der Waals surface area contributed by atoms with Crippen LogP contribution < -0.4 is 14.8 Å². The molecule has 9 heteroatoms. The summed E-state index contributed by atoms with van der Waals surface area (Å²) in [5.41, 5.74) is 2.36. The molecule has 0 radical (unpaired) electrons. The van der Waals surface area contributed by atoms with Gasteiger partial charge in [0, 0.05) is 17.5 Å². The Labute approximate surface area is 161 Å². The van der Waals surface area contributed by atoms with Crippen molar-refractivity contribution < 1.29 is 14.3 Å². The van der Waals surface area contributed by atoms with Crippen LogP contribution in [0.15, 0.2) is 29.4 Å². The Balaban J connectivity index is 1.76. The fourth-order valence-electron chi connectivity index (χ4n) is 2.56. The molecule has 2 heterocycles. The minimum Gasteiger partial charge on any atom is -0.497 e. The molecule has 8 nitrogen and oxygen atoms in total. The summed E-state index contributed by atoms with van der Waals surface area (Å²) in [5, 5.41) is 7.37. The predicted octanol–water partition coefficient (Wildman–Crippen LogP) is 2.88. The number of aromatic nitrogens is 4. The number of benzene rings is 1. The summed E-state index contributed by atoms with van der Waals surface area (Å²) >= 11 is 1.27. The third-order valence-corrected chi connectivity index (χ3v) is 4.87. The number of nitrogens with zero attached hydrogens (tertiary/aromatic N) is 4. The Morgan fingerprint density at radius 1 is 1.19 bits per heavy atom. The second-order valence-corrected chi connectivity index (χ2v) is 7.27. The lowest BCUT2D eigenvalue weighted by molar-refractivity contribution is -0.115. The monoisotopic (exact) mass is 387 g/mol. The zero-order valence-electron chi connectivity index (χ0n) is 15.8. The molecule has 0 saturated heterocycles. The average Bonchev–Trinajstić information content (AvgIpc) is 3.04. The van der Waals surface area contributed by atoms with Crippen molar-refractivity contribution in [1.82, 2.24) is 19.6 Å². The Morgan fingerprint density at radius 3 is 2.67 bits per heavy atom. The molecule has 0 saturated carbocycles. The van der Waals surface area contributed by atoms with Crippen LogP contribution in [-0.4, -0.2) is 45.0 Å². The highest BCUT2D eigenvalue weighted by Gasteiger charge is 2.20. The summed E-state index contributed by atoms with van der Waals surface area (Å²) in [7, 11) is 3.12. The highest BCUT2D eigenvalue weighted by atomic mass is 32.2. The van der Waals surface area contributed by atoms with Crippen molar-refractivity contribution in [3.63, 3.8) is 0 Å². The maximum atomic E-state index is 12.6. The molecule has 1 aromatic carbocycles. The lowest BCUT2D eigenvalue weighted by atomic mass is 10.2. The van der Waals surface area contributed by atoms with E-state index in [0.29, 0.717) is 28.1 Å². The molecule has 1 amide bonds. The van der Waals surface area contributed by atoms with Crippen molar-refractivity contribution in [3.05, 3.63) is 35.7 Å². The lowest BCUT2D eigenvalue weighted by Gasteiger charge is -2.14. The van der Waals surface area contributed by atoms with E-state index in [0.717, 1.165) is 11.4 Å². The predicted molar refractivity (Wildman–Crippen MR) is 104 cm³/mol. The van der Waals surface area contributed by atoms with Crippen LogP contribution >= 0.6 is 11.8 Å². The average molecular weight is 387 g/mol. The maximum Gasteiger partial charge on any atom is 0.253 e. The molecule has 3 rings (SSSR count). The molecule has 0 fully saturated rings. The summed E-state index contributed by atoms with van der Waals surface area (Å²) in [6.07, 6.45) is 0. The second kappa shape index (κ2) is 7.83. The first-order valence-electron chi connectivity index (χ1n) is 8.32. The number of anilines is 1. The van der Waals surface area contributed by atoms with Gasteiger partial charge < -0.3 is 14.8 Å². The van der Waals surface area contributed by atoms with E-state index in [1.807, 2.05) is 19.9 Å². The molecular formula is C18H21N5O3S. The highest BCUT2D eigenvalue weighted by Crippen LogP contribution is 2.30. The van der Waals surface area contributed by atoms with E-state index in [-0.39, 0.29) is 5.91 Å². The van der Waals surface area contributed by atoms with Crippen LogP contribution in [0.4, 0.5) is 5.69 Å². The van der Waals surface area contributed by atoms with E-state index in [4.69, 9.17) is 9.47 Å². The molecule has 142 valence electrons. The molecular weight excluding hydrogens is 366 g/mol. The van der Waals surface area contributed by atoms with Crippen LogP contribution in [0.3, 0.4) is 0 Å².